The Kier molecular flexibility index (Phi) is 4.92. The van der Waals surface area contributed by atoms with Gasteiger partial charge >= 0.3 is 0 Å². The van der Waals surface area contributed by atoms with Crippen LogP contribution in [0.4, 0.5) is 4.39 Å². The van der Waals surface area contributed by atoms with Gasteiger partial charge in [0.05, 0.1) is 5.56 Å². The molecule has 0 unspecified atom stereocenters. The summed E-state index contributed by atoms with van der Waals surface area (Å²) in [6.07, 6.45) is 9.56. The first-order chi connectivity index (χ1) is 13.1. The van der Waals surface area contributed by atoms with Crippen molar-refractivity contribution in [3.63, 3.8) is 0 Å². The number of fused-ring (bicyclic) bond motifs is 1. The molecule has 2 heterocycles. The van der Waals surface area contributed by atoms with Crippen LogP contribution in [0.5, 0.6) is 0 Å². The summed E-state index contributed by atoms with van der Waals surface area (Å²) in [6.45, 7) is 2.10. The molecule has 27 heavy (non-hydrogen) atoms. The molecule has 2 N–H and O–H groups in total. The van der Waals surface area contributed by atoms with Gasteiger partial charge in [-0.2, -0.15) is 0 Å². The fourth-order valence-corrected chi connectivity index (χ4v) is 4.05. The highest BCUT2D eigenvalue weighted by Gasteiger charge is 2.23. The van der Waals surface area contributed by atoms with Gasteiger partial charge in [0, 0.05) is 29.4 Å². The number of H-pyrrole nitrogens is 1. The summed E-state index contributed by atoms with van der Waals surface area (Å²) in [5.41, 5.74) is 2.77. The minimum absolute atomic E-state index is 0.0856. The van der Waals surface area contributed by atoms with E-state index in [0.717, 1.165) is 16.5 Å². The van der Waals surface area contributed by atoms with Crippen LogP contribution in [0.25, 0.3) is 22.2 Å². The molecule has 1 fully saturated rings. The SMILES string of the molecule is C[C@@H](NC(=O)c1c[nH]c2ncc(-c3cccc(F)c3)cc12)C1CCCCC1. The molecule has 3 aromatic rings. The number of rotatable bonds is 4. The van der Waals surface area contributed by atoms with E-state index in [9.17, 15) is 9.18 Å². The van der Waals surface area contributed by atoms with E-state index in [2.05, 4.69) is 22.2 Å². The highest BCUT2D eigenvalue weighted by atomic mass is 19.1. The number of amides is 1. The summed E-state index contributed by atoms with van der Waals surface area (Å²) in [5, 5.41) is 3.92. The number of halogens is 1. The third-order valence-electron chi connectivity index (χ3n) is 5.65. The van der Waals surface area contributed by atoms with Gasteiger partial charge in [-0.15, -0.1) is 0 Å². The predicted octanol–water partition coefficient (Wildman–Crippen LogP) is 5.07. The molecule has 1 saturated carbocycles. The van der Waals surface area contributed by atoms with E-state index < -0.39 is 0 Å². The second-order valence-corrected chi connectivity index (χ2v) is 7.49. The Labute approximate surface area is 158 Å². The van der Waals surface area contributed by atoms with Gasteiger partial charge in [0.2, 0.25) is 0 Å². The van der Waals surface area contributed by atoms with Crippen LogP contribution in [0, 0.1) is 11.7 Å². The first kappa shape index (κ1) is 17.7. The summed E-state index contributed by atoms with van der Waals surface area (Å²) in [7, 11) is 0. The van der Waals surface area contributed by atoms with Crippen molar-refractivity contribution in [3.05, 3.63) is 54.1 Å². The molecule has 5 heteroatoms. The molecule has 2 aromatic heterocycles. The van der Waals surface area contributed by atoms with Crippen LogP contribution >= 0.6 is 0 Å². The van der Waals surface area contributed by atoms with Crippen LogP contribution in [0.2, 0.25) is 0 Å². The summed E-state index contributed by atoms with van der Waals surface area (Å²) in [5.74, 6) is 0.173. The molecule has 1 aliphatic rings. The first-order valence-corrected chi connectivity index (χ1v) is 9.66. The average molecular weight is 365 g/mol. The van der Waals surface area contributed by atoms with E-state index in [1.165, 1.54) is 44.2 Å². The molecule has 0 radical (unpaired) electrons. The molecule has 1 aromatic carbocycles. The number of carbonyl (C=O) groups excluding carboxylic acids is 1. The van der Waals surface area contributed by atoms with E-state index in [0.29, 0.717) is 17.1 Å². The zero-order valence-electron chi connectivity index (χ0n) is 15.5. The molecule has 0 aliphatic heterocycles. The Morgan fingerprint density at radius 1 is 1.22 bits per heavy atom. The third-order valence-corrected chi connectivity index (χ3v) is 5.65. The van der Waals surface area contributed by atoms with Crippen molar-refractivity contribution in [3.8, 4) is 11.1 Å². The van der Waals surface area contributed by atoms with Gasteiger partial charge in [-0.3, -0.25) is 4.79 Å². The van der Waals surface area contributed by atoms with Crippen molar-refractivity contribution in [2.75, 3.05) is 0 Å². The molecule has 1 aliphatic carbocycles. The van der Waals surface area contributed by atoms with Gasteiger partial charge in [0.1, 0.15) is 11.5 Å². The average Bonchev–Trinajstić information content (AvgIpc) is 3.12. The van der Waals surface area contributed by atoms with Crippen LogP contribution in [0.1, 0.15) is 49.4 Å². The fraction of sp³-hybridized carbons (Fsp3) is 0.364. The number of pyridine rings is 1. The number of carbonyl (C=O) groups is 1. The molecule has 1 atom stereocenters. The maximum atomic E-state index is 13.5. The number of hydrogen-bond donors (Lipinski definition) is 2. The molecule has 140 valence electrons. The Balaban J connectivity index is 1.59. The van der Waals surface area contributed by atoms with Gasteiger partial charge < -0.3 is 10.3 Å². The minimum atomic E-state index is -0.291. The van der Waals surface area contributed by atoms with Crippen LogP contribution in [0.15, 0.2) is 42.7 Å². The Hall–Kier alpha value is -2.69. The second-order valence-electron chi connectivity index (χ2n) is 7.49. The lowest BCUT2D eigenvalue weighted by molar-refractivity contribution is 0.0921. The Morgan fingerprint density at radius 3 is 2.81 bits per heavy atom. The van der Waals surface area contributed by atoms with Gasteiger partial charge in [-0.1, -0.05) is 31.4 Å². The monoisotopic (exact) mass is 365 g/mol. The quantitative estimate of drug-likeness (QED) is 0.678. The molecule has 0 saturated heterocycles. The van der Waals surface area contributed by atoms with Crippen molar-refractivity contribution in [2.45, 2.75) is 45.1 Å². The number of aromatic amines is 1. The largest absolute Gasteiger partial charge is 0.349 e. The second kappa shape index (κ2) is 7.51. The normalized spacial score (nSPS) is 16.4. The van der Waals surface area contributed by atoms with E-state index in [4.69, 9.17) is 0 Å². The fourth-order valence-electron chi connectivity index (χ4n) is 4.05. The number of benzene rings is 1. The highest BCUT2D eigenvalue weighted by Crippen LogP contribution is 2.28. The molecule has 4 nitrogen and oxygen atoms in total. The molecular formula is C22H24FN3O. The molecule has 4 rings (SSSR count). The van der Waals surface area contributed by atoms with E-state index in [-0.39, 0.29) is 17.8 Å². The van der Waals surface area contributed by atoms with Crippen molar-refractivity contribution in [1.82, 2.24) is 15.3 Å². The van der Waals surface area contributed by atoms with Gasteiger partial charge in [-0.05, 0) is 49.4 Å². The summed E-state index contributed by atoms with van der Waals surface area (Å²) >= 11 is 0. The van der Waals surface area contributed by atoms with E-state index in [1.54, 1.807) is 18.5 Å². The lowest BCUT2D eigenvalue weighted by Gasteiger charge is -2.28. The van der Waals surface area contributed by atoms with Crippen LogP contribution in [-0.4, -0.2) is 21.9 Å². The molecule has 0 spiro atoms. The van der Waals surface area contributed by atoms with E-state index in [1.807, 2.05) is 12.1 Å². The topological polar surface area (TPSA) is 57.8 Å². The predicted molar refractivity (Wildman–Crippen MR) is 105 cm³/mol. The van der Waals surface area contributed by atoms with Gasteiger partial charge in [0.15, 0.2) is 0 Å². The lowest BCUT2D eigenvalue weighted by atomic mass is 9.84. The van der Waals surface area contributed by atoms with Crippen molar-refractivity contribution in [2.24, 2.45) is 5.92 Å². The molecule has 1 amide bonds. The molecular weight excluding hydrogens is 341 g/mol. The maximum absolute atomic E-state index is 13.5. The van der Waals surface area contributed by atoms with Crippen molar-refractivity contribution >= 4 is 16.9 Å². The number of nitrogens with zero attached hydrogens (tertiary/aromatic N) is 1. The zero-order valence-corrected chi connectivity index (χ0v) is 15.5. The summed E-state index contributed by atoms with van der Waals surface area (Å²) < 4.78 is 13.5. The van der Waals surface area contributed by atoms with Gasteiger partial charge in [-0.25, -0.2) is 9.37 Å². The Morgan fingerprint density at radius 2 is 2.04 bits per heavy atom. The van der Waals surface area contributed by atoms with Crippen molar-refractivity contribution in [1.29, 1.82) is 0 Å². The van der Waals surface area contributed by atoms with Crippen LogP contribution in [0.3, 0.4) is 0 Å². The molecule has 0 bridgehead atoms. The smallest absolute Gasteiger partial charge is 0.253 e. The van der Waals surface area contributed by atoms with Gasteiger partial charge in [0.25, 0.3) is 5.91 Å². The van der Waals surface area contributed by atoms with Crippen LogP contribution in [-0.2, 0) is 0 Å². The third kappa shape index (κ3) is 3.72. The summed E-state index contributed by atoms with van der Waals surface area (Å²) in [4.78, 5) is 20.3. The number of aromatic nitrogens is 2. The van der Waals surface area contributed by atoms with E-state index >= 15 is 0 Å². The zero-order chi connectivity index (χ0) is 18.8. The summed E-state index contributed by atoms with van der Waals surface area (Å²) in [6, 6.07) is 8.45. The maximum Gasteiger partial charge on any atom is 0.253 e. The standard InChI is InChI=1S/C22H24FN3O/c1-14(15-6-3-2-4-7-15)26-22(27)20-13-25-21-19(20)11-17(12-24-21)16-8-5-9-18(23)10-16/h5,8-15H,2-4,6-7H2,1H3,(H,24,25)(H,26,27)/t14-/m1/s1. The number of nitrogens with one attached hydrogen (secondary N) is 2. The minimum Gasteiger partial charge on any atom is -0.349 e. The highest BCUT2D eigenvalue weighted by molar-refractivity contribution is 6.06. The van der Waals surface area contributed by atoms with Crippen molar-refractivity contribution < 1.29 is 9.18 Å². The number of hydrogen-bond acceptors (Lipinski definition) is 2. The Bertz CT molecular complexity index is 959. The first-order valence-electron chi connectivity index (χ1n) is 9.66. The van der Waals surface area contributed by atoms with Crippen LogP contribution < -0.4 is 5.32 Å². The lowest BCUT2D eigenvalue weighted by Crippen LogP contribution is -2.38.